The third-order valence-electron chi connectivity index (χ3n) is 4.26. The Labute approximate surface area is 146 Å². The molecule has 0 aliphatic heterocycles. The maximum Gasteiger partial charge on any atom is 0.255 e. The predicted octanol–water partition coefficient (Wildman–Crippen LogP) is 0.957. The van der Waals surface area contributed by atoms with Crippen molar-refractivity contribution in [3.05, 3.63) is 42.0 Å². The van der Waals surface area contributed by atoms with Crippen LogP contribution < -0.4 is 15.2 Å². The van der Waals surface area contributed by atoms with E-state index in [1.165, 1.54) is 25.3 Å². The summed E-state index contributed by atoms with van der Waals surface area (Å²) in [6, 6.07) is 3.71. The molecule has 8 nitrogen and oxygen atoms in total. The van der Waals surface area contributed by atoms with Crippen LogP contribution in [0.4, 0.5) is 0 Å². The molecule has 1 fully saturated rings. The number of rotatable bonds is 6. The number of amides is 1. The largest absolute Gasteiger partial charge is 0.496 e. The second-order valence-electron chi connectivity index (χ2n) is 6.09. The minimum Gasteiger partial charge on any atom is -0.496 e. The van der Waals surface area contributed by atoms with Crippen molar-refractivity contribution < 1.29 is 17.9 Å². The van der Waals surface area contributed by atoms with Crippen LogP contribution in [0.15, 0.2) is 35.5 Å². The molecule has 1 heterocycles. The van der Waals surface area contributed by atoms with E-state index in [1.54, 1.807) is 6.20 Å². The van der Waals surface area contributed by atoms with Gasteiger partial charge in [0.15, 0.2) is 0 Å². The van der Waals surface area contributed by atoms with Crippen LogP contribution in [0.2, 0.25) is 0 Å². The van der Waals surface area contributed by atoms with Crippen LogP contribution in [-0.4, -0.2) is 31.0 Å². The van der Waals surface area contributed by atoms with E-state index in [9.17, 15) is 13.2 Å². The summed E-state index contributed by atoms with van der Waals surface area (Å²) in [5.41, 5.74) is 0.119. The lowest BCUT2D eigenvalue weighted by Gasteiger charge is -2.19. The maximum absolute atomic E-state index is 12.8. The minimum absolute atomic E-state index is 0.119. The first kappa shape index (κ1) is 17.4. The Kier molecular flexibility index (Phi) is 4.53. The Balaban J connectivity index is 1.93. The number of carbonyl (C=O) groups is 1. The van der Waals surface area contributed by atoms with Crippen LogP contribution in [-0.2, 0) is 17.1 Å². The quantitative estimate of drug-likeness (QED) is 0.792. The zero-order valence-electron chi connectivity index (χ0n) is 14.0. The van der Waals surface area contributed by atoms with Gasteiger partial charge in [-0.05, 0) is 37.0 Å². The highest BCUT2D eigenvalue weighted by Crippen LogP contribution is 2.40. The third kappa shape index (κ3) is 3.67. The Bertz CT molecular complexity index is 903. The van der Waals surface area contributed by atoms with Gasteiger partial charge in [-0.1, -0.05) is 0 Å². The van der Waals surface area contributed by atoms with Crippen molar-refractivity contribution in [1.29, 1.82) is 0 Å². The Hall–Kier alpha value is -2.39. The number of sulfonamides is 1. The van der Waals surface area contributed by atoms with Crippen molar-refractivity contribution in [3.63, 3.8) is 0 Å². The Morgan fingerprint density at radius 2 is 2.16 bits per heavy atom. The van der Waals surface area contributed by atoms with E-state index in [0.717, 1.165) is 18.7 Å². The number of nitrogens with one attached hydrogen (secondary N) is 1. The average molecular weight is 364 g/mol. The number of benzene rings is 1. The number of hydrogen-bond donors (Lipinski definition) is 2. The second-order valence-corrected chi connectivity index (χ2v) is 7.65. The molecule has 1 saturated carbocycles. The summed E-state index contributed by atoms with van der Waals surface area (Å²) in [5, 5.41) is 8.11. The summed E-state index contributed by atoms with van der Waals surface area (Å²) < 4.78 is 30.2. The normalized spacial score (nSPS) is 15.6. The lowest BCUT2D eigenvalue weighted by molar-refractivity contribution is 0.0925. The number of aryl methyl sites for hydroxylation is 1. The van der Waals surface area contributed by atoms with E-state index in [1.807, 2.05) is 17.8 Å². The average Bonchev–Trinajstić information content (AvgIpc) is 3.32. The summed E-state index contributed by atoms with van der Waals surface area (Å²) in [5.74, 6) is 0.927. The van der Waals surface area contributed by atoms with E-state index in [4.69, 9.17) is 9.88 Å². The number of hydrogen-bond acceptors (Lipinski definition) is 5. The fraction of sp³-hybridized carbons (Fsp3) is 0.375. The summed E-state index contributed by atoms with van der Waals surface area (Å²) in [7, 11) is -0.635. The summed E-state index contributed by atoms with van der Waals surface area (Å²) in [6.45, 7) is 0. The highest BCUT2D eigenvalue weighted by Gasteiger charge is 2.36. The van der Waals surface area contributed by atoms with Gasteiger partial charge in [-0.3, -0.25) is 4.79 Å². The van der Waals surface area contributed by atoms with Crippen LogP contribution in [0.5, 0.6) is 5.75 Å². The van der Waals surface area contributed by atoms with Crippen molar-refractivity contribution in [3.8, 4) is 5.75 Å². The second kappa shape index (κ2) is 6.49. The van der Waals surface area contributed by atoms with E-state index < -0.39 is 15.9 Å². The molecule has 3 rings (SSSR count). The number of imidazole rings is 1. The van der Waals surface area contributed by atoms with Crippen LogP contribution >= 0.6 is 0 Å². The number of ether oxygens (including phenoxy) is 1. The molecular weight excluding hydrogens is 344 g/mol. The van der Waals surface area contributed by atoms with E-state index >= 15 is 0 Å². The van der Waals surface area contributed by atoms with Gasteiger partial charge >= 0.3 is 0 Å². The topological polar surface area (TPSA) is 116 Å². The van der Waals surface area contributed by atoms with E-state index in [2.05, 4.69) is 10.3 Å². The Morgan fingerprint density at radius 1 is 1.44 bits per heavy atom. The lowest BCUT2D eigenvalue weighted by Crippen LogP contribution is -2.32. The van der Waals surface area contributed by atoms with Gasteiger partial charge in [0.2, 0.25) is 10.0 Å². The molecular formula is C16H20N4O4S. The molecule has 1 aliphatic rings. The molecule has 1 aromatic carbocycles. The molecule has 25 heavy (non-hydrogen) atoms. The number of primary sulfonamides is 1. The van der Waals surface area contributed by atoms with Crippen molar-refractivity contribution in [2.45, 2.75) is 23.8 Å². The maximum atomic E-state index is 12.8. The fourth-order valence-corrected chi connectivity index (χ4v) is 3.30. The van der Waals surface area contributed by atoms with Gasteiger partial charge in [0.1, 0.15) is 11.6 Å². The van der Waals surface area contributed by atoms with E-state index in [0.29, 0.717) is 5.92 Å². The number of nitrogens with two attached hydrogens (primary N) is 1. The summed E-state index contributed by atoms with van der Waals surface area (Å²) in [6.07, 6.45) is 5.51. The standard InChI is InChI=1S/C16H20N4O4S/c1-20-8-7-18-15(20)14(10-3-4-10)19-16(21)12-9-11(25(17,22)23)5-6-13(12)24-2/h5-10,14H,3-4H2,1-2H3,(H,19,21)(H2,17,22,23). The highest BCUT2D eigenvalue weighted by atomic mass is 32.2. The van der Waals surface area contributed by atoms with E-state index in [-0.39, 0.29) is 22.3 Å². The summed E-state index contributed by atoms with van der Waals surface area (Å²) in [4.78, 5) is 17.0. The molecule has 134 valence electrons. The van der Waals surface area contributed by atoms with Crippen LogP contribution in [0.3, 0.4) is 0 Å². The molecule has 3 N–H and O–H groups in total. The van der Waals surface area contributed by atoms with Crippen LogP contribution in [0, 0.1) is 5.92 Å². The van der Waals surface area contributed by atoms with Crippen molar-refractivity contribution in [1.82, 2.24) is 14.9 Å². The molecule has 1 unspecified atom stereocenters. The third-order valence-corrected chi connectivity index (χ3v) is 5.17. The zero-order chi connectivity index (χ0) is 18.2. The van der Waals surface area contributed by atoms with Crippen molar-refractivity contribution in [2.24, 2.45) is 18.1 Å². The first-order valence-electron chi connectivity index (χ1n) is 7.80. The van der Waals surface area contributed by atoms with Gasteiger partial charge in [-0.25, -0.2) is 18.5 Å². The van der Waals surface area contributed by atoms with Crippen LogP contribution in [0.25, 0.3) is 0 Å². The molecule has 2 aromatic rings. The fourth-order valence-electron chi connectivity index (χ4n) is 2.76. The SMILES string of the molecule is COc1ccc(S(N)(=O)=O)cc1C(=O)NC(c1nccn1C)C1CC1. The highest BCUT2D eigenvalue weighted by molar-refractivity contribution is 7.89. The van der Waals surface area contributed by atoms with Crippen molar-refractivity contribution >= 4 is 15.9 Å². The summed E-state index contributed by atoms with van der Waals surface area (Å²) >= 11 is 0. The van der Waals surface area contributed by atoms with Gasteiger partial charge in [-0.2, -0.15) is 0 Å². The zero-order valence-corrected chi connectivity index (χ0v) is 14.8. The molecule has 0 radical (unpaired) electrons. The van der Waals surface area contributed by atoms with Crippen molar-refractivity contribution in [2.75, 3.05) is 7.11 Å². The lowest BCUT2D eigenvalue weighted by atomic mass is 10.1. The first-order chi connectivity index (χ1) is 11.8. The molecule has 0 spiro atoms. The number of methoxy groups -OCH3 is 1. The molecule has 1 atom stereocenters. The molecule has 1 amide bonds. The minimum atomic E-state index is -3.92. The van der Waals surface area contributed by atoms with Gasteiger partial charge in [0.05, 0.1) is 23.6 Å². The molecule has 0 bridgehead atoms. The van der Waals surface area contributed by atoms with Gasteiger partial charge in [-0.15, -0.1) is 0 Å². The molecule has 1 aromatic heterocycles. The Morgan fingerprint density at radius 3 is 2.68 bits per heavy atom. The van der Waals surface area contributed by atoms with Gasteiger partial charge < -0.3 is 14.6 Å². The van der Waals surface area contributed by atoms with Crippen LogP contribution in [0.1, 0.15) is 35.1 Å². The molecule has 9 heteroatoms. The smallest absolute Gasteiger partial charge is 0.255 e. The number of nitrogens with zero attached hydrogens (tertiary/aromatic N) is 2. The molecule has 0 saturated heterocycles. The monoisotopic (exact) mass is 364 g/mol. The number of carbonyl (C=O) groups excluding carboxylic acids is 1. The van der Waals surface area contributed by atoms with Gasteiger partial charge in [0.25, 0.3) is 5.91 Å². The van der Waals surface area contributed by atoms with Gasteiger partial charge in [0, 0.05) is 19.4 Å². The molecule has 1 aliphatic carbocycles. The predicted molar refractivity (Wildman–Crippen MR) is 90.5 cm³/mol. The number of aromatic nitrogens is 2. The first-order valence-corrected chi connectivity index (χ1v) is 9.35.